The van der Waals surface area contributed by atoms with Crippen molar-refractivity contribution in [2.45, 2.75) is 26.3 Å². The molecule has 1 fully saturated rings. The van der Waals surface area contributed by atoms with E-state index in [0.29, 0.717) is 0 Å². The number of hydrogen-bond acceptors (Lipinski definition) is 4. The Balaban J connectivity index is 2.00. The van der Waals surface area contributed by atoms with Crippen LogP contribution >= 0.6 is 0 Å². The van der Waals surface area contributed by atoms with Crippen LogP contribution in [0.1, 0.15) is 18.1 Å². The SMILES string of the molecule is Cc1nnc(CC2CCNC2)n1CCN(C)C. The second-order valence-corrected chi connectivity index (χ2v) is 5.18. The van der Waals surface area contributed by atoms with E-state index in [1.807, 2.05) is 6.92 Å². The highest BCUT2D eigenvalue weighted by molar-refractivity contribution is 4.96. The summed E-state index contributed by atoms with van der Waals surface area (Å²) in [7, 11) is 4.19. The topological polar surface area (TPSA) is 46.0 Å². The molecular formula is C12H23N5. The van der Waals surface area contributed by atoms with E-state index in [9.17, 15) is 0 Å². The van der Waals surface area contributed by atoms with Crippen LogP contribution in [0.15, 0.2) is 0 Å². The van der Waals surface area contributed by atoms with Crippen molar-refractivity contribution in [3.8, 4) is 0 Å². The Morgan fingerprint density at radius 2 is 2.24 bits per heavy atom. The molecule has 0 bridgehead atoms. The average Bonchev–Trinajstić information content (AvgIpc) is 2.88. The lowest BCUT2D eigenvalue weighted by Crippen LogP contribution is -2.21. The zero-order chi connectivity index (χ0) is 12.3. The minimum atomic E-state index is 0.733. The molecule has 2 rings (SSSR count). The summed E-state index contributed by atoms with van der Waals surface area (Å²) in [5, 5.41) is 11.9. The molecule has 1 aromatic heterocycles. The van der Waals surface area contributed by atoms with Gasteiger partial charge in [-0.05, 0) is 46.4 Å². The van der Waals surface area contributed by atoms with Crippen LogP contribution < -0.4 is 5.32 Å². The van der Waals surface area contributed by atoms with E-state index in [-0.39, 0.29) is 0 Å². The highest BCUT2D eigenvalue weighted by Gasteiger charge is 2.18. The summed E-state index contributed by atoms with van der Waals surface area (Å²) in [5.41, 5.74) is 0. The van der Waals surface area contributed by atoms with Crippen LogP contribution in [-0.2, 0) is 13.0 Å². The van der Waals surface area contributed by atoms with Gasteiger partial charge in [0.25, 0.3) is 0 Å². The molecule has 0 aromatic carbocycles. The van der Waals surface area contributed by atoms with Crippen LogP contribution in [0.2, 0.25) is 0 Å². The fourth-order valence-corrected chi connectivity index (χ4v) is 2.31. The summed E-state index contributed by atoms with van der Waals surface area (Å²) < 4.78 is 2.26. The zero-order valence-electron chi connectivity index (χ0n) is 11.1. The quantitative estimate of drug-likeness (QED) is 0.800. The van der Waals surface area contributed by atoms with Crippen molar-refractivity contribution >= 4 is 0 Å². The van der Waals surface area contributed by atoms with Gasteiger partial charge in [0, 0.05) is 19.5 Å². The summed E-state index contributed by atoms with van der Waals surface area (Å²) in [5.74, 6) is 2.92. The summed E-state index contributed by atoms with van der Waals surface area (Å²) in [6.45, 7) is 6.34. The Morgan fingerprint density at radius 1 is 1.41 bits per heavy atom. The molecule has 17 heavy (non-hydrogen) atoms. The lowest BCUT2D eigenvalue weighted by atomic mass is 10.0. The van der Waals surface area contributed by atoms with Crippen molar-refractivity contribution in [2.75, 3.05) is 33.7 Å². The molecule has 0 aliphatic carbocycles. The molecular weight excluding hydrogens is 214 g/mol. The van der Waals surface area contributed by atoms with E-state index < -0.39 is 0 Å². The number of nitrogens with zero attached hydrogens (tertiary/aromatic N) is 4. The number of aryl methyl sites for hydroxylation is 1. The number of nitrogens with one attached hydrogen (secondary N) is 1. The molecule has 2 heterocycles. The maximum absolute atomic E-state index is 4.32. The summed E-state index contributed by atoms with van der Waals surface area (Å²) in [6, 6.07) is 0. The van der Waals surface area contributed by atoms with Crippen LogP contribution in [0.5, 0.6) is 0 Å². The fourth-order valence-electron chi connectivity index (χ4n) is 2.31. The third-order valence-corrected chi connectivity index (χ3v) is 3.42. The first-order valence-electron chi connectivity index (χ1n) is 6.41. The first-order chi connectivity index (χ1) is 8.16. The molecule has 1 atom stereocenters. The molecule has 96 valence electrons. The lowest BCUT2D eigenvalue weighted by Gasteiger charge is -2.14. The molecule has 5 nitrogen and oxygen atoms in total. The second kappa shape index (κ2) is 5.60. The molecule has 1 aliphatic rings. The summed E-state index contributed by atoms with van der Waals surface area (Å²) in [4.78, 5) is 2.19. The molecule has 0 amide bonds. The van der Waals surface area contributed by atoms with Gasteiger partial charge in [0.2, 0.25) is 0 Å². The van der Waals surface area contributed by atoms with Crippen LogP contribution in [0, 0.1) is 12.8 Å². The van der Waals surface area contributed by atoms with Gasteiger partial charge in [0.15, 0.2) is 0 Å². The van der Waals surface area contributed by atoms with E-state index in [1.165, 1.54) is 6.42 Å². The number of aromatic nitrogens is 3. The van der Waals surface area contributed by atoms with Crippen molar-refractivity contribution in [1.29, 1.82) is 0 Å². The number of likely N-dealkylation sites (N-methyl/N-ethyl adjacent to an activating group) is 1. The Hall–Kier alpha value is -0.940. The molecule has 1 N–H and O–H groups in total. The van der Waals surface area contributed by atoms with Crippen molar-refractivity contribution in [3.63, 3.8) is 0 Å². The van der Waals surface area contributed by atoms with Gasteiger partial charge in [0.1, 0.15) is 11.6 Å². The smallest absolute Gasteiger partial charge is 0.133 e. The van der Waals surface area contributed by atoms with E-state index in [0.717, 1.165) is 50.2 Å². The minimum Gasteiger partial charge on any atom is -0.316 e. The van der Waals surface area contributed by atoms with Crippen LogP contribution in [0.25, 0.3) is 0 Å². The standard InChI is InChI=1S/C12H23N5/c1-10-14-15-12(8-11-4-5-13-9-11)17(10)7-6-16(2)3/h11,13H,4-9H2,1-3H3. The van der Waals surface area contributed by atoms with Gasteiger partial charge in [-0.15, -0.1) is 10.2 Å². The van der Waals surface area contributed by atoms with Gasteiger partial charge < -0.3 is 14.8 Å². The largest absolute Gasteiger partial charge is 0.316 e. The van der Waals surface area contributed by atoms with Gasteiger partial charge in [-0.2, -0.15) is 0 Å². The van der Waals surface area contributed by atoms with E-state index >= 15 is 0 Å². The Bertz CT molecular complexity index is 352. The highest BCUT2D eigenvalue weighted by atomic mass is 15.3. The van der Waals surface area contributed by atoms with Gasteiger partial charge in [-0.1, -0.05) is 0 Å². The van der Waals surface area contributed by atoms with Crippen LogP contribution in [-0.4, -0.2) is 53.4 Å². The van der Waals surface area contributed by atoms with E-state index in [2.05, 4.69) is 39.1 Å². The molecule has 1 saturated heterocycles. The number of hydrogen-bond donors (Lipinski definition) is 1. The lowest BCUT2D eigenvalue weighted by molar-refractivity contribution is 0.376. The fraction of sp³-hybridized carbons (Fsp3) is 0.833. The van der Waals surface area contributed by atoms with Crippen molar-refractivity contribution in [2.24, 2.45) is 5.92 Å². The molecule has 1 aliphatic heterocycles. The summed E-state index contributed by atoms with van der Waals surface area (Å²) >= 11 is 0. The van der Waals surface area contributed by atoms with Gasteiger partial charge in [-0.3, -0.25) is 0 Å². The molecule has 1 aromatic rings. The van der Waals surface area contributed by atoms with Crippen LogP contribution in [0.4, 0.5) is 0 Å². The predicted molar refractivity (Wildman–Crippen MR) is 68.0 cm³/mol. The Morgan fingerprint density at radius 3 is 2.88 bits per heavy atom. The normalized spacial score (nSPS) is 20.4. The molecule has 1 unspecified atom stereocenters. The maximum atomic E-state index is 4.32. The van der Waals surface area contributed by atoms with Crippen molar-refractivity contribution in [1.82, 2.24) is 25.0 Å². The Kier molecular flexibility index (Phi) is 4.12. The third-order valence-electron chi connectivity index (χ3n) is 3.42. The van der Waals surface area contributed by atoms with E-state index in [1.54, 1.807) is 0 Å². The highest BCUT2D eigenvalue weighted by Crippen LogP contribution is 2.14. The van der Waals surface area contributed by atoms with E-state index in [4.69, 9.17) is 0 Å². The Labute approximate surface area is 103 Å². The zero-order valence-corrected chi connectivity index (χ0v) is 11.1. The van der Waals surface area contributed by atoms with Gasteiger partial charge >= 0.3 is 0 Å². The minimum absolute atomic E-state index is 0.733. The van der Waals surface area contributed by atoms with Crippen molar-refractivity contribution in [3.05, 3.63) is 11.6 Å². The second-order valence-electron chi connectivity index (χ2n) is 5.18. The first kappa shape index (κ1) is 12.5. The molecule has 0 saturated carbocycles. The molecule has 0 radical (unpaired) electrons. The monoisotopic (exact) mass is 237 g/mol. The molecule has 5 heteroatoms. The number of rotatable bonds is 5. The maximum Gasteiger partial charge on any atom is 0.133 e. The molecule has 0 spiro atoms. The van der Waals surface area contributed by atoms with Crippen molar-refractivity contribution < 1.29 is 0 Å². The van der Waals surface area contributed by atoms with Crippen LogP contribution in [0.3, 0.4) is 0 Å². The third kappa shape index (κ3) is 3.26. The first-order valence-corrected chi connectivity index (χ1v) is 6.41. The van der Waals surface area contributed by atoms with Gasteiger partial charge in [0.05, 0.1) is 0 Å². The van der Waals surface area contributed by atoms with Gasteiger partial charge in [-0.25, -0.2) is 0 Å². The average molecular weight is 237 g/mol. The summed E-state index contributed by atoms with van der Waals surface area (Å²) in [6.07, 6.45) is 2.32. The predicted octanol–water partition coefficient (Wildman–Crippen LogP) is 0.300.